The van der Waals surface area contributed by atoms with E-state index in [4.69, 9.17) is 4.74 Å². The van der Waals surface area contributed by atoms with Crippen LogP contribution >= 0.6 is 0 Å². The smallest absolute Gasteiger partial charge is 0.316 e. The lowest BCUT2D eigenvalue weighted by Crippen LogP contribution is -2.41. The molecule has 1 aliphatic heterocycles. The van der Waals surface area contributed by atoms with Crippen molar-refractivity contribution < 1.29 is 14.3 Å². The number of carbonyl (C=O) groups is 2. The Hall–Kier alpha value is -2.36. The van der Waals surface area contributed by atoms with Gasteiger partial charge in [-0.1, -0.05) is 36.9 Å². The lowest BCUT2D eigenvalue weighted by Gasteiger charge is -2.38. The molecule has 24 heavy (non-hydrogen) atoms. The second-order valence-corrected chi connectivity index (χ2v) is 6.67. The normalized spacial score (nSPS) is 23.8. The van der Waals surface area contributed by atoms with E-state index in [0.29, 0.717) is 12.1 Å². The van der Waals surface area contributed by atoms with E-state index in [-0.39, 0.29) is 23.8 Å². The molecule has 0 amide bonds. The summed E-state index contributed by atoms with van der Waals surface area (Å²) in [5.74, 6) is -1.13. The third-order valence-corrected chi connectivity index (χ3v) is 4.55. The highest BCUT2D eigenvalue weighted by atomic mass is 16.5. The topological polar surface area (TPSA) is 55.4 Å². The van der Waals surface area contributed by atoms with Crippen LogP contribution in [-0.4, -0.2) is 17.9 Å². The average Bonchev–Trinajstić information content (AvgIpc) is 2.53. The molecule has 0 bridgehead atoms. The second-order valence-electron chi connectivity index (χ2n) is 6.67. The van der Waals surface area contributed by atoms with Gasteiger partial charge in [0.25, 0.3) is 0 Å². The molecule has 1 aromatic carbocycles. The summed E-state index contributed by atoms with van der Waals surface area (Å²) in [6.07, 6.45) is 1.97. The van der Waals surface area contributed by atoms with Crippen LogP contribution in [0.2, 0.25) is 0 Å². The summed E-state index contributed by atoms with van der Waals surface area (Å²) in [6, 6.07) is 9.71. The highest BCUT2D eigenvalue weighted by Crippen LogP contribution is 2.44. The number of benzene rings is 1. The number of ether oxygens (including phenoxy) is 1. The average molecular weight is 325 g/mol. The molecule has 0 radical (unpaired) electrons. The molecule has 126 valence electrons. The molecule has 0 saturated heterocycles. The number of allylic oxidation sites excluding steroid dienone is 2. The zero-order chi connectivity index (χ0) is 17.3. The Balaban J connectivity index is 2.10. The minimum atomic E-state index is -0.587. The molecule has 0 aromatic heterocycles. The molecule has 0 saturated carbocycles. The molecule has 3 rings (SSSR count). The van der Waals surface area contributed by atoms with Crippen LogP contribution in [0.15, 0.2) is 53.9 Å². The van der Waals surface area contributed by atoms with E-state index in [1.165, 1.54) is 0 Å². The van der Waals surface area contributed by atoms with Crippen molar-refractivity contribution in [1.82, 2.24) is 5.32 Å². The molecule has 4 nitrogen and oxygen atoms in total. The Labute approximate surface area is 142 Å². The van der Waals surface area contributed by atoms with E-state index in [1.54, 1.807) is 0 Å². The minimum Gasteiger partial charge on any atom is -0.462 e. The van der Waals surface area contributed by atoms with Crippen molar-refractivity contribution in [2.75, 3.05) is 0 Å². The van der Waals surface area contributed by atoms with Crippen LogP contribution in [-0.2, 0) is 14.3 Å². The van der Waals surface area contributed by atoms with E-state index < -0.39 is 5.92 Å². The van der Waals surface area contributed by atoms with Crippen molar-refractivity contribution in [1.29, 1.82) is 0 Å². The molecule has 4 heteroatoms. The fourth-order valence-corrected chi connectivity index (χ4v) is 3.60. The fraction of sp³-hybridized carbons (Fsp3) is 0.400. The van der Waals surface area contributed by atoms with Crippen molar-refractivity contribution in [3.05, 3.63) is 59.4 Å². The van der Waals surface area contributed by atoms with E-state index in [9.17, 15) is 9.59 Å². The van der Waals surface area contributed by atoms with Crippen LogP contribution in [0.3, 0.4) is 0 Å². The van der Waals surface area contributed by atoms with Gasteiger partial charge in [-0.25, -0.2) is 0 Å². The number of ketones is 1. The van der Waals surface area contributed by atoms with Gasteiger partial charge in [0.2, 0.25) is 0 Å². The molecule has 1 N–H and O–H groups in total. The number of hydrogen-bond donors (Lipinski definition) is 1. The van der Waals surface area contributed by atoms with Gasteiger partial charge in [0.1, 0.15) is 5.92 Å². The van der Waals surface area contributed by atoms with Crippen LogP contribution in [0.5, 0.6) is 0 Å². The summed E-state index contributed by atoms with van der Waals surface area (Å²) in [6.45, 7) is 7.71. The summed E-state index contributed by atoms with van der Waals surface area (Å²) in [4.78, 5) is 25.4. The summed E-state index contributed by atoms with van der Waals surface area (Å²) >= 11 is 0. The van der Waals surface area contributed by atoms with E-state index in [1.807, 2.05) is 44.2 Å². The minimum absolute atomic E-state index is 0.118. The maximum absolute atomic E-state index is 12.7. The first-order chi connectivity index (χ1) is 11.5. The second kappa shape index (κ2) is 6.63. The zero-order valence-corrected chi connectivity index (χ0v) is 14.2. The summed E-state index contributed by atoms with van der Waals surface area (Å²) in [5.41, 5.74) is 3.21. The maximum atomic E-state index is 12.7. The lowest BCUT2D eigenvalue weighted by atomic mass is 9.71. The predicted octanol–water partition coefficient (Wildman–Crippen LogP) is 3.46. The highest BCUT2D eigenvalue weighted by molar-refractivity contribution is 6.00. The van der Waals surface area contributed by atoms with Crippen LogP contribution in [0.1, 0.15) is 44.6 Å². The van der Waals surface area contributed by atoms with E-state index in [2.05, 4.69) is 11.9 Å². The molecule has 2 aliphatic rings. The summed E-state index contributed by atoms with van der Waals surface area (Å²) in [7, 11) is 0. The van der Waals surface area contributed by atoms with Crippen LogP contribution in [0, 0.1) is 5.92 Å². The van der Waals surface area contributed by atoms with Crippen molar-refractivity contribution >= 4 is 11.8 Å². The van der Waals surface area contributed by atoms with Crippen molar-refractivity contribution in [3.63, 3.8) is 0 Å². The highest BCUT2D eigenvalue weighted by Gasteiger charge is 2.43. The summed E-state index contributed by atoms with van der Waals surface area (Å²) in [5, 5.41) is 3.22. The third kappa shape index (κ3) is 3.01. The first-order valence-corrected chi connectivity index (χ1v) is 8.46. The molecule has 0 fully saturated rings. The molecule has 2 unspecified atom stereocenters. The van der Waals surface area contributed by atoms with Gasteiger partial charge >= 0.3 is 5.97 Å². The Morgan fingerprint density at radius 3 is 2.62 bits per heavy atom. The Kier molecular flexibility index (Phi) is 4.56. The Bertz CT molecular complexity index is 703. The van der Waals surface area contributed by atoms with Crippen LogP contribution in [0.4, 0.5) is 0 Å². The van der Waals surface area contributed by atoms with Gasteiger partial charge in [-0.3, -0.25) is 9.59 Å². The number of rotatable bonds is 3. The van der Waals surface area contributed by atoms with Gasteiger partial charge in [0.15, 0.2) is 5.78 Å². The van der Waals surface area contributed by atoms with Gasteiger partial charge in [-0.15, -0.1) is 0 Å². The third-order valence-electron chi connectivity index (χ3n) is 4.55. The monoisotopic (exact) mass is 325 g/mol. The van der Waals surface area contributed by atoms with Crippen molar-refractivity contribution in [3.8, 4) is 0 Å². The quantitative estimate of drug-likeness (QED) is 0.865. The molecular weight excluding hydrogens is 302 g/mol. The number of carbonyl (C=O) groups excluding carboxylic acids is 2. The van der Waals surface area contributed by atoms with E-state index >= 15 is 0 Å². The van der Waals surface area contributed by atoms with Gasteiger partial charge in [-0.05, 0) is 32.3 Å². The van der Waals surface area contributed by atoms with Gasteiger partial charge < -0.3 is 10.1 Å². The van der Waals surface area contributed by atoms with Crippen LogP contribution < -0.4 is 5.32 Å². The largest absolute Gasteiger partial charge is 0.462 e. The standard InChI is InChI=1S/C20H23NO3/c1-12(2)24-20(23)17-13(3)21-15-10-7-11-16(22)19(15)18(17)14-8-5-4-6-9-14/h4-6,8-9,12,17-18,21H,3,7,10-11H2,1-2H3. The molecular formula is C20H23NO3. The lowest BCUT2D eigenvalue weighted by molar-refractivity contribution is -0.151. The first kappa shape index (κ1) is 16.5. The number of nitrogens with one attached hydrogen (secondary N) is 1. The Morgan fingerprint density at radius 2 is 1.96 bits per heavy atom. The summed E-state index contributed by atoms with van der Waals surface area (Å²) < 4.78 is 5.45. The van der Waals surface area contributed by atoms with Crippen molar-refractivity contribution in [2.24, 2.45) is 5.92 Å². The SMILES string of the molecule is C=C1NC2=C(C(=O)CCC2)C(c2ccccc2)C1C(=O)OC(C)C. The molecule has 1 heterocycles. The molecule has 1 aromatic rings. The molecule has 1 aliphatic carbocycles. The number of hydrogen-bond acceptors (Lipinski definition) is 4. The zero-order valence-electron chi connectivity index (χ0n) is 14.2. The van der Waals surface area contributed by atoms with Gasteiger partial charge in [-0.2, -0.15) is 0 Å². The number of esters is 1. The van der Waals surface area contributed by atoms with Gasteiger partial charge in [0.05, 0.1) is 6.10 Å². The fourth-order valence-electron chi connectivity index (χ4n) is 3.60. The molecule has 0 spiro atoms. The maximum Gasteiger partial charge on any atom is 0.316 e. The Morgan fingerprint density at radius 1 is 1.25 bits per heavy atom. The van der Waals surface area contributed by atoms with Crippen LogP contribution in [0.25, 0.3) is 0 Å². The molecule has 2 atom stereocenters. The first-order valence-electron chi connectivity index (χ1n) is 8.46. The van der Waals surface area contributed by atoms with E-state index in [0.717, 1.165) is 29.7 Å². The van der Waals surface area contributed by atoms with Gasteiger partial charge in [0, 0.05) is 29.3 Å². The predicted molar refractivity (Wildman–Crippen MR) is 92.1 cm³/mol. The van der Waals surface area contributed by atoms with Crippen molar-refractivity contribution in [2.45, 2.75) is 45.1 Å². The number of Topliss-reactive ketones (excluding diaryl/α,β-unsaturated/α-hetero) is 1.